The molecule has 2 rings (SSSR count). The molecule has 0 aliphatic carbocycles. The average molecular weight is 364 g/mol. The minimum atomic E-state index is -3.99. The first kappa shape index (κ1) is 22.5. The third-order valence-corrected chi connectivity index (χ3v) is 3.72. The molecule has 0 unspecified atom stereocenters. The molecule has 106 valence electrons. The van der Waals surface area contributed by atoms with E-state index in [-0.39, 0.29) is 133 Å². The number of rotatable bonds is 5. The van der Waals surface area contributed by atoms with Crippen LogP contribution in [0.2, 0.25) is 0 Å². The van der Waals surface area contributed by atoms with Gasteiger partial charge in [0, 0.05) is 6.54 Å². The Morgan fingerprint density at radius 2 is 1.43 bits per heavy atom. The van der Waals surface area contributed by atoms with Crippen molar-refractivity contribution in [3.8, 4) is 0 Å². The topological polar surface area (TPSA) is 91.8 Å². The van der Waals surface area contributed by atoms with Gasteiger partial charge in [-0.15, -0.1) is 0 Å². The summed E-state index contributed by atoms with van der Waals surface area (Å²) in [4.78, 5) is 25.0. The normalized spacial score (nSPS) is 13.5. The van der Waals surface area contributed by atoms with Crippen LogP contribution in [0.25, 0.3) is 0 Å². The van der Waals surface area contributed by atoms with Crippen LogP contribution in [-0.4, -0.2) is 145 Å². The number of amides is 2. The fourth-order valence-corrected chi connectivity index (χ4v) is 2.57. The maximum atomic E-state index is 11.9. The summed E-state index contributed by atoms with van der Waals surface area (Å²) >= 11 is 0. The SMILES string of the molecule is O=C1c2ccccc2C(=O)N1CCCCS(=O)(=O)O.[KH].[KH]. The summed E-state index contributed by atoms with van der Waals surface area (Å²) in [6.07, 6.45) is 0.539. The van der Waals surface area contributed by atoms with Crippen LogP contribution < -0.4 is 0 Å². The second-order valence-corrected chi connectivity index (χ2v) is 5.87. The van der Waals surface area contributed by atoms with Gasteiger partial charge < -0.3 is 0 Å². The predicted molar refractivity (Wildman–Crippen MR) is 81.8 cm³/mol. The molecule has 0 aromatic heterocycles. The second kappa shape index (κ2) is 9.75. The molecule has 1 aromatic rings. The molecule has 0 spiro atoms. The van der Waals surface area contributed by atoms with Crippen molar-refractivity contribution in [2.45, 2.75) is 12.8 Å². The van der Waals surface area contributed by atoms with Gasteiger partial charge in [-0.3, -0.25) is 19.0 Å². The number of hydrogen-bond donors (Lipinski definition) is 1. The van der Waals surface area contributed by atoms with Gasteiger partial charge in [0.15, 0.2) is 0 Å². The molecule has 1 aliphatic heterocycles. The summed E-state index contributed by atoms with van der Waals surface area (Å²) in [5.74, 6) is -1.07. The first-order valence-corrected chi connectivity index (χ1v) is 7.41. The number of unbranched alkanes of at least 4 members (excludes halogenated alkanes) is 1. The Hall–Kier alpha value is 1.54. The minimum absolute atomic E-state index is 0. The van der Waals surface area contributed by atoms with E-state index in [4.69, 9.17) is 4.55 Å². The molecule has 1 aliphatic rings. The van der Waals surface area contributed by atoms with Crippen molar-refractivity contribution in [3.63, 3.8) is 0 Å². The van der Waals surface area contributed by atoms with Gasteiger partial charge in [-0.2, -0.15) is 8.42 Å². The van der Waals surface area contributed by atoms with Gasteiger partial charge >= 0.3 is 103 Å². The average Bonchev–Trinajstić information content (AvgIpc) is 2.58. The van der Waals surface area contributed by atoms with Gasteiger partial charge in [0.25, 0.3) is 21.9 Å². The number of carbonyl (C=O) groups is 2. The number of imide groups is 1. The standard InChI is InChI=1S/C12H13NO5S.2K.2H/c14-11-9-5-1-2-6-10(9)12(15)13(11)7-3-4-8-19(16,17)18;;;;/h1-2,5-6H,3-4,7-8H2,(H,16,17,18);;;;. The van der Waals surface area contributed by atoms with E-state index < -0.39 is 10.1 Å². The molecule has 0 bridgehead atoms. The number of hydrogen-bond acceptors (Lipinski definition) is 4. The first-order valence-electron chi connectivity index (χ1n) is 5.80. The summed E-state index contributed by atoms with van der Waals surface area (Å²) in [5.41, 5.74) is 0.754. The van der Waals surface area contributed by atoms with Crippen molar-refractivity contribution in [2.24, 2.45) is 0 Å². The molecule has 0 fully saturated rings. The number of nitrogens with zero attached hydrogens (tertiary/aromatic N) is 1. The molecular weight excluding hydrogens is 348 g/mol. The molecule has 0 saturated carbocycles. The zero-order valence-corrected chi connectivity index (χ0v) is 10.9. The Kier molecular flexibility index (Phi) is 10.5. The van der Waals surface area contributed by atoms with Crippen LogP contribution in [0.3, 0.4) is 0 Å². The van der Waals surface area contributed by atoms with Crippen LogP contribution in [0.5, 0.6) is 0 Å². The Bertz CT molecular complexity index is 597. The maximum absolute atomic E-state index is 11.9. The third kappa shape index (κ3) is 6.16. The molecule has 0 atom stereocenters. The van der Waals surface area contributed by atoms with Crippen LogP contribution in [0.4, 0.5) is 0 Å². The van der Waals surface area contributed by atoms with Crippen molar-refractivity contribution in [1.29, 1.82) is 0 Å². The van der Waals surface area contributed by atoms with E-state index >= 15 is 0 Å². The van der Waals surface area contributed by atoms with Crippen molar-refractivity contribution in [2.75, 3.05) is 12.3 Å². The van der Waals surface area contributed by atoms with E-state index in [0.29, 0.717) is 17.5 Å². The third-order valence-electron chi connectivity index (χ3n) is 2.91. The van der Waals surface area contributed by atoms with E-state index in [1.165, 1.54) is 0 Å². The van der Waals surface area contributed by atoms with E-state index in [2.05, 4.69) is 0 Å². The van der Waals surface area contributed by atoms with Crippen molar-refractivity contribution >= 4 is 125 Å². The molecule has 0 saturated heterocycles. The molecule has 1 heterocycles. The molecule has 1 N–H and O–H groups in total. The van der Waals surface area contributed by atoms with Gasteiger partial charge in [-0.05, 0) is 25.0 Å². The van der Waals surface area contributed by atoms with Gasteiger partial charge in [0.1, 0.15) is 0 Å². The Morgan fingerprint density at radius 3 is 1.86 bits per heavy atom. The van der Waals surface area contributed by atoms with E-state index in [1.54, 1.807) is 24.3 Å². The second-order valence-electron chi connectivity index (χ2n) is 4.30. The molecule has 6 nitrogen and oxygen atoms in total. The molecular formula is C12H15K2NO5S. The number of carbonyl (C=O) groups excluding carboxylic acids is 2. The molecule has 0 radical (unpaired) electrons. The van der Waals surface area contributed by atoms with Crippen LogP contribution in [0.1, 0.15) is 33.6 Å². The van der Waals surface area contributed by atoms with Crippen LogP contribution in [0.15, 0.2) is 24.3 Å². The molecule has 1 aromatic carbocycles. The van der Waals surface area contributed by atoms with Crippen molar-refractivity contribution in [3.05, 3.63) is 35.4 Å². The zero-order chi connectivity index (χ0) is 14.0. The summed E-state index contributed by atoms with van der Waals surface area (Å²) in [7, 11) is -3.99. The quantitative estimate of drug-likeness (QED) is 0.334. The molecule has 21 heavy (non-hydrogen) atoms. The van der Waals surface area contributed by atoms with Gasteiger partial charge in [0.2, 0.25) is 0 Å². The van der Waals surface area contributed by atoms with Gasteiger partial charge in [-0.25, -0.2) is 0 Å². The Labute approximate surface area is 208 Å². The zero-order valence-electron chi connectivity index (χ0n) is 10.1. The van der Waals surface area contributed by atoms with Crippen LogP contribution >= 0.6 is 0 Å². The molecule has 9 heteroatoms. The Morgan fingerprint density at radius 1 is 0.952 bits per heavy atom. The number of fused-ring (bicyclic) bond motifs is 1. The van der Waals surface area contributed by atoms with Gasteiger partial charge in [-0.1, -0.05) is 12.1 Å². The fourth-order valence-electron chi connectivity index (χ4n) is 2.00. The summed E-state index contributed by atoms with van der Waals surface area (Å²) < 4.78 is 29.7. The van der Waals surface area contributed by atoms with Crippen molar-refractivity contribution in [1.82, 2.24) is 4.90 Å². The number of benzene rings is 1. The van der Waals surface area contributed by atoms with Crippen LogP contribution in [-0.2, 0) is 10.1 Å². The van der Waals surface area contributed by atoms with E-state index in [0.717, 1.165) is 4.90 Å². The summed E-state index contributed by atoms with van der Waals surface area (Å²) in [6.45, 7) is 0.155. The van der Waals surface area contributed by atoms with Gasteiger partial charge in [0.05, 0.1) is 16.9 Å². The van der Waals surface area contributed by atoms with E-state index in [1.807, 2.05) is 0 Å². The van der Waals surface area contributed by atoms with Crippen molar-refractivity contribution < 1.29 is 22.6 Å². The first-order chi connectivity index (χ1) is 8.90. The summed E-state index contributed by atoms with van der Waals surface area (Å²) in [6, 6.07) is 6.55. The van der Waals surface area contributed by atoms with Crippen LogP contribution in [0, 0.1) is 0 Å². The Balaban J connectivity index is 0.00000200. The molecule has 2 amide bonds. The van der Waals surface area contributed by atoms with E-state index in [9.17, 15) is 18.0 Å². The summed E-state index contributed by atoms with van der Waals surface area (Å²) in [5, 5.41) is 0. The predicted octanol–water partition coefficient (Wildman–Crippen LogP) is -0.346. The fraction of sp³-hybridized carbons (Fsp3) is 0.333. The monoisotopic (exact) mass is 363 g/mol.